The molecule has 0 spiro atoms. The fourth-order valence-corrected chi connectivity index (χ4v) is 5.21. The quantitative estimate of drug-likeness (QED) is 0.294. The van der Waals surface area contributed by atoms with Crippen LogP contribution in [0.4, 0.5) is 0 Å². The molecule has 1 atom stereocenters. The lowest BCUT2D eigenvalue weighted by Crippen LogP contribution is -2.43. The number of benzene rings is 2. The molecule has 0 aromatic heterocycles. The molecule has 1 amide bonds. The highest BCUT2D eigenvalue weighted by molar-refractivity contribution is 6.42. The molecule has 1 fully saturated rings. The van der Waals surface area contributed by atoms with Crippen LogP contribution >= 0.6 is 23.2 Å². The molecule has 4 nitrogen and oxygen atoms in total. The molecule has 6 heteroatoms. The first-order chi connectivity index (χ1) is 17.0. The minimum atomic E-state index is 0.0430. The minimum Gasteiger partial charge on any atom is -0.341 e. The van der Waals surface area contributed by atoms with Crippen LogP contribution in [0.25, 0.3) is 0 Å². The van der Waals surface area contributed by atoms with Gasteiger partial charge in [-0.25, -0.2) is 0 Å². The molecule has 1 aliphatic rings. The fourth-order valence-electron chi connectivity index (χ4n) is 4.90. The zero-order chi connectivity index (χ0) is 25.0. The number of hydrogen-bond acceptors (Lipinski definition) is 3. The summed E-state index contributed by atoms with van der Waals surface area (Å²) in [6, 6.07) is 16.0. The number of unbranched alkanes of at least 4 members (excludes halogenated alkanes) is 3. The van der Waals surface area contributed by atoms with Crippen molar-refractivity contribution >= 4 is 29.1 Å². The van der Waals surface area contributed by atoms with Gasteiger partial charge in [0, 0.05) is 31.1 Å². The summed E-state index contributed by atoms with van der Waals surface area (Å²) in [4.78, 5) is 17.4. The maximum atomic E-state index is 13.0. The van der Waals surface area contributed by atoms with Crippen molar-refractivity contribution in [2.24, 2.45) is 0 Å². The van der Waals surface area contributed by atoms with Crippen LogP contribution in [0.5, 0.6) is 0 Å². The fraction of sp³-hybridized carbons (Fsp3) is 0.552. The Morgan fingerprint density at radius 2 is 1.80 bits per heavy atom. The summed E-state index contributed by atoms with van der Waals surface area (Å²) in [6.07, 6.45) is 8.63. The number of carbonyl (C=O) groups is 1. The second-order valence-corrected chi connectivity index (χ2v) is 10.7. The monoisotopic (exact) mass is 517 g/mol. The molecule has 192 valence electrons. The van der Waals surface area contributed by atoms with Gasteiger partial charge in [-0.15, -0.1) is 0 Å². The van der Waals surface area contributed by atoms with Gasteiger partial charge in [0.1, 0.15) is 0 Å². The molecule has 1 unspecified atom stereocenters. The van der Waals surface area contributed by atoms with Gasteiger partial charge in [0.2, 0.25) is 0 Å². The number of halogens is 2. The Labute approximate surface area is 222 Å². The SMILES string of the molecule is CCCCCCNC1CCN(CCC(CN(C)C(=O)c2ccccc2)c2ccc(Cl)c(Cl)c2)CC1. The van der Waals surface area contributed by atoms with Gasteiger partial charge in [0.05, 0.1) is 10.0 Å². The molecule has 35 heavy (non-hydrogen) atoms. The average Bonchev–Trinajstić information content (AvgIpc) is 2.88. The van der Waals surface area contributed by atoms with E-state index < -0.39 is 0 Å². The molecule has 1 saturated heterocycles. The third-order valence-corrected chi connectivity index (χ3v) is 7.86. The van der Waals surface area contributed by atoms with Crippen LogP contribution < -0.4 is 5.32 Å². The Balaban J connectivity index is 1.54. The third kappa shape index (κ3) is 9.09. The standard InChI is InChI=1S/C29H41Cl2N3O/c1-3-4-5-9-17-32-26-15-19-34(20-16-26)18-14-25(24-12-13-27(30)28(31)21-24)22-33(2)29(35)23-10-7-6-8-11-23/h6-8,10-13,21,25-26,32H,3-5,9,14-20,22H2,1-2H3. The highest BCUT2D eigenvalue weighted by Crippen LogP contribution is 2.29. The van der Waals surface area contributed by atoms with E-state index in [1.807, 2.05) is 54.4 Å². The highest BCUT2D eigenvalue weighted by atomic mass is 35.5. The first kappa shape index (κ1) is 28.0. The number of carbonyl (C=O) groups excluding carboxylic acids is 1. The van der Waals surface area contributed by atoms with E-state index in [9.17, 15) is 4.79 Å². The summed E-state index contributed by atoms with van der Waals surface area (Å²) >= 11 is 12.5. The molecule has 1 heterocycles. The average molecular weight is 519 g/mol. The molecule has 0 aliphatic carbocycles. The summed E-state index contributed by atoms with van der Waals surface area (Å²) in [5, 5.41) is 4.89. The molecular formula is C29H41Cl2N3O. The number of piperidine rings is 1. The van der Waals surface area contributed by atoms with Gasteiger partial charge in [0.15, 0.2) is 0 Å². The molecule has 1 N–H and O–H groups in total. The summed E-state index contributed by atoms with van der Waals surface area (Å²) in [7, 11) is 1.89. The van der Waals surface area contributed by atoms with E-state index in [4.69, 9.17) is 23.2 Å². The Hall–Kier alpha value is -1.59. The number of rotatable bonds is 13. The lowest BCUT2D eigenvalue weighted by Gasteiger charge is -2.34. The molecular weight excluding hydrogens is 477 g/mol. The van der Waals surface area contributed by atoms with E-state index in [2.05, 4.69) is 23.2 Å². The van der Waals surface area contributed by atoms with Gasteiger partial charge >= 0.3 is 0 Å². The lowest BCUT2D eigenvalue weighted by atomic mass is 9.94. The number of hydrogen-bond donors (Lipinski definition) is 1. The lowest BCUT2D eigenvalue weighted by molar-refractivity contribution is 0.0781. The van der Waals surface area contributed by atoms with Crippen LogP contribution in [0, 0.1) is 0 Å². The number of amides is 1. The minimum absolute atomic E-state index is 0.0430. The van der Waals surface area contributed by atoms with Gasteiger partial charge in [-0.2, -0.15) is 0 Å². The summed E-state index contributed by atoms with van der Waals surface area (Å²) < 4.78 is 0. The van der Waals surface area contributed by atoms with Crippen LogP contribution in [0.15, 0.2) is 48.5 Å². The molecule has 0 saturated carbocycles. The Bertz CT molecular complexity index is 900. The highest BCUT2D eigenvalue weighted by Gasteiger charge is 2.23. The molecule has 0 radical (unpaired) electrons. The van der Waals surface area contributed by atoms with Crippen molar-refractivity contribution in [3.05, 3.63) is 69.7 Å². The number of likely N-dealkylation sites (tertiary alicyclic amines) is 1. The van der Waals surface area contributed by atoms with Gasteiger partial charge in [-0.05, 0) is 81.7 Å². The van der Waals surface area contributed by atoms with E-state index in [1.165, 1.54) is 38.5 Å². The first-order valence-corrected chi connectivity index (χ1v) is 13.9. The second-order valence-electron chi connectivity index (χ2n) is 9.84. The topological polar surface area (TPSA) is 35.6 Å². The maximum Gasteiger partial charge on any atom is 0.253 e. The van der Waals surface area contributed by atoms with E-state index in [1.54, 1.807) is 0 Å². The predicted molar refractivity (Wildman–Crippen MR) is 149 cm³/mol. The van der Waals surface area contributed by atoms with Crippen molar-refractivity contribution in [2.75, 3.05) is 39.8 Å². The molecule has 0 bridgehead atoms. The van der Waals surface area contributed by atoms with Crippen molar-refractivity contribution in [3.8, 4) is 0 Å². The molecule has 3 rings (SSSR count). The van der Waals surface area contributed by atoms with Crippen molar-refractivity contribution in [1.29, 1.82) is 0 Å². The van der Waals surface area contributed by atoms with E-state index in [0.29, 0.717) is 28.2 Å². The van der Waals surface area contributed by atoms with Crippen molar-refractivity contribution in [1.82, 2.24) is 15.1 Å². The van der Waals surface area contributed by atoms with E-state index >= 15 is 0 Å². The summed E-state index contributed by atoms with van der Waals surface area (Å²) in [5.41, 5.74) is 1.85. The molecule has 2 aromatic rings. The first-order valence-electron chi connectivity index (χ1n) is 13.2. The van der Waals surface area contributed by atoms with E-state index in [-0.39, 0.29) is 11.8 Å². The van der Waals surface area contributed by atoms with Crippen molar-refractivity contribution in [2.45, 2.75) is 63.8 Å². The Morgan fingerprint density at radius 1 is 1.06 bits per heavy atom. The third-order valence-electron chi connectivity index (χ3n) is 7.12. The summed E-state index contributed by atoms with van der Waals surface area (Å²) in [6.45, 7) is 7.31. The van der Waals surface area contributed by atoms with Gasteiger partial charge in [-0.3, -0.25) is 4.79 Å². The number of likely N-dealkylation sites (N-methyl/N-ethyl adjacent to an activating group) is 1. The largest absolute Gasteiger partial charge is 0.341 e. The van der Waals surface area contributed by atoms with Gasteiger partial charge < -0.3 is 15.1 Å². The van der Waals surface area contributed by atoms with Gasteiger partial charge in [-0.1, -0.05) is 73.7 Å². The van der Waals surface area contributed by atoms with Crippen molar-refractivity contribution in [3.63, 3.8) is 0 Å². The van der Waals surface area contributed by atoms with Crippen LogP contribution in [0.2, 0.25) is 10.0 Å². The predicted octanol–water partition coefficient (Wildman–Crippen LogP) is 6.87. The zero-order valence-electron chi connectivity index (χ0n) is 21.3. The Morgan fingerprint density at radius 3 is 2.49 bits per heavy atom. The smallest absolute Gasteiger partial charge is 0.253 e. The van der Waals surface area contributed by atoms with Gasteiger partial charge in [0.25, 0.3) is 5.91 Å². The van der Waals surface area contributed by atoms with Crippen LogP contribution in [-0.4, -0.2) is 61.5 Å². The second kappa shape index (κ2) is 14.8. The molecule has 1 aliphatic heterocycles. The van der Waals surface area contributed by atoms with Crippen LogP contribution in [0.1, 0.15) is 73.7 Å². The van der Waals surface area contributed by atoms with E-state index in [0.717, 1.165) is 38.2 Å². The Kier molecular flexibility index (Phi) is 11.9. The van der Waals surface area contributed by atoms with Crippen LogP contribution in [0.3, 0.4) is 0 Å². The molecule has 2 aromatic carbocycles. The maximum absolute atomic E-state index is 13.0. The number of nitrogens with zero attached hydrogens (tertiary/aromatic N) is 2. The van der Waals surface area contributed by atoms with Crippen molar-refractivity contribution < 1.29 is 4.79 Å². The zero-order valence-corrected chi connectivity index (χ0v) is 22.8. The number of nitrogens with one attached hydrogen (secondary N) is 1. The van der Waals surface area contributed by atoms with Crippen LogP contribution in [-0.2, 0) is 0 Å². The normalized spacial score (nSPS) is 15.8. The summed E-state index contributed by atoms with van der Waals surface area (Å²) in [5.74, 6) is 0.235.